The van der Waals surface area contributed by atoms with E-state index in [2.05, 4.69) is 10.2 Å². The van der Waals surface area contributed by atoms with E-state index in [0.29, 0.717) is 18.0 Å². The maximum atomic E-state index is 12.4. The third-order valence-corrected chi connectivity index (χ3v) is 4.57. The number of rotatable bonds is 5. The molecule has 1 atom stereocenters. The van der Waals surface area contributed by atoms with Crippen LogP contribution in [0, 0.1) is 0 Å². The number of carbonyl (C=O) groups excluding carboxylic acids is 2. The van der Waals surface area contributed by atoms with Gasteiger partial charge in [-0.25, -0.2) is 0 Å². The van der Waals surface area contributed by atoms with Gasteiger partial charge in [0.25, 0.3) is 5.91 Å². The van der Waals surface area contributed by atoms with Crippen molar-refractivity contribution in [3.63, 3.8) is 0 Å². The average Bonchev–Trinajstić information content (AvgIpc) is 2.60. The lowest BCUT2D eigenvalue weighted by molar-refractivity contribution is -0.128. The third kappa shape index (κ3) is 3.87. The number of hydrogen-bond donors (Lipinski definition) is 1. The van der Waals surface area contributed by atoms with E-state index in [1.165, 1.54) is 24.2 Å². The van der Waals surface area contributed by atoms with Gasteiger partial charge in [-0.1, -0.05) is 18.6 Å². The Balaban J connectivity index is 1.54. The molecule has 6 nitrogen and oxygen atoms in total. The highest BCUT2D eigenvalue weighted by Gasteiger charge is 2.32. The predicted molar refractivity (Wildman–Crippen MR) is 92.2 cm³/mol. The maximum Gasteiger partial charge on any atom is 0.268 e. The molecule has 2 aliphatic rings. The first-order valence-corrected chi connectivity index (χ1v) is 8.71. The van der Waals surface area contributed by atoms with Gasteiger partial charge in [-0.2, -0.15) is 0 Å². The molecular formula is C18H25N3O3. The fourth-order valence-corrected chi connectivity index (χ4v) is 3.26. The minimum Gasteiger partial charge on any atom is -0.479 e. The molecule has 1 unspecified atom stereocenters. The molecule has 1 saturated heterocycles. The first-order chi connectivity index (χ1) is 11.6. The van der Waals surface area contributed by atoms with Gasteiger partial charge in [0.1, 0.15) is 12.3 Å². The molecule has 1 aromatic carbocycles. The van der Waals surface area contributed by atoms with E-state index in [4.69, 9.17) is 4.74 Å². The van der Waals surface area contributed by atoms with Gasteiger partial charge < -0.3 is 15.0 Å². The Hall–Kier alpha value is -2.08. The van der Waals surface area contributed by atoms with Gasteiger partial charge >= 0.3 is 0 Å². The molecule has 0 saturated carbocycles. The Bertz CT molecular complexity index is 599. The van der Waals surface area contributed by atoms with Gasteiger partial charge in [0.2, 0.25) is 5.91 Å². The molecule has 0 aromatic heterocycles. The van der Waals surface area contributed by atoms with Crippen LogP contribution in [-0.4, -0.2) is 55.5 Å². The van der Waals surface area contributed by atoms with Crippen molar-refractivity contribution in [2.75, 3.05) is 37.6 Å². The van der Waals surface area contributed by atoms with Crippen molar-refractivity contribution >= 4 is 17.5 Å². The second-order valence-corrected chi connectivity index (χ2v) is 6.40. The summed E-state index contributed by atoms with van der Waals surface area (Å²) in [6, 6.07) is 7.32. The zero-order valence-electron chi connectivity index (χ0n) is 14.2. The van der Waals surface area contributed by atoms with Crippen molar-refractivity contribution in [3.05, 3.63) is 24.3 Å². The number of para-hydroxylation sites is 2. The number of likely N-dealkylation sites (tertiary alicyclic amines) is 1. The molecule has 0 bridgehead atoms. The standard InChI is InChI=1S/C18H25N3O3/c1-14-18(23)21(15-7-3-4-8-16(15)24-14)13-17(22)19-9-12-20-10-5-2-6-11-20/h3-4,7-8,14H,2,5-6,9-13H2,1H3,(H,19,22). The summed E-state index contributed by atoms with van der Waals surface area (Å²) < 4.78 is 5.59. The van der Waals surface area contributed by atoms with Crippen LogP contribution in [0.25, 0.3) is 0 Å². The Labute approximate surface area is 142 Å². The topological polar surface area (TPSA) is 61.9 Å². The van der Waals surface area contributed by atoms with Crippen molar-refractivity contribution < 1.29 is 14.3 Å². The van der Waals surface area contributed by atoms with E-state index in [9.17, 15) is 9.59 Å². The summed E-state index contributed by atoms with van der Waals surface area (Å²) in [5.74, 6) is 0.329. The highest BCUT2D eigenvalue weighted by atomic mass is 16.5. The summed E-state index contributed by atoms with van der Waals surface area (Å²) in [5, 5.41) is 2.93. The SMILES string of the molecule is CC1Oc2ccccc2N(CC(=O)NCCN2CCCCC2)C1=O. The largest absolute Gasteiger partial charge is 0.479 e. The van der Waals surface area contributed by atoms with Crippen molar-refractivity contribution in [2.45, 2.75) is 32.3 Å². The van der Waals surface area contributed by atoms with Gasteiger partial charge in [-0.3, -0.25) is 14.5 Å². The zero-order valence-corrected chi connectivity index (χ0v) is 14.2. The molecule has 0 aliphatic carbocycles. The molecule has 1 N–H and O–H groups in total. The van der Waals surface area contributed by atoms with E-state index in [-0.39, 0.29) is 18.4 Å². The lowest BCUT2D eigenvalue weighted by Crippen LogP contribution is -2.49. The van der Waals surface area contributed by atoms with Crippen LogP contribution in [0.4, 0.5) is 5.69 Å². The maximum absolute atomic E-state index is 12.4. The first-order valence-electron chi connectivity index (χ1n) is 8.71. The number of nitrogens with one attached hydrogen (secondary N) is 1. The van der Waals surface area contributed by atoms with Crippen molar-refractivity contribution in [1.82, 2.24) is 10.2 Å². The number of nitrogens with zero attached hydrogens (tertiary/aromatic N) is 2. The van der Waals surface area contributed by atoms with Crippen LogP contribution in [0.5, 0.6) is 5.75 Å². The Morgan fingerprint density at radius 2 is 2.00 bits per heavy atom. The lowest BCUT2D eigenvalue weighted by Gasteiger charge is -2.32. The molecule has 0 spiro atoms. The Kier molecular flexibility index (Phi) is 5.35. The smallest absolute Gasteiger partial charge is 0.268 e. The summed E-state index contributed by atoms with van der Waals surface area (Å²) in [4.78, 5) is 28.5. The summed E-state index contributed by atoms with van der Waals surface area (Å²) >= 11 is 0. The van der Waals surface area contributed by atoms with Crippen LogP contribution >= 0.6 is 0 Å². The van der Waals surface area contributed by atoms with E-state index in [1.807, 2.05) is 18.2 Å². The van der Waals surface area contributed by atoms with Crippen molar-refractivity contribution in [2.24, 2.45) is 0 Å². The molecule has 130 valence electrons. The first kappa shape index (κ1) is 16.8. The lowest BCUT2D eigenvalue weighted by atomic mass is 10.1. The average molecular weight is 331 g/mol. The molecule has 1 fully saturated rings. The summed E-state index contributed by atoms with van der Waals surface area (Å²) in [7, 11) is 0. The second kappa shape index (κ2) is 7.66. The normalized spacial score (nSPS) is 21.1. The summed E-state index contributed by atoms with van der Waals surface area (Å²) in [6.07, 6.45) is 3.22. The monoisotopic (exact) mass is 331 g/mol. The van der Waals surface area contributed by atoms with Crippen LogP contribution in [0.1, 0.15) is 26.2 Å². The molecular weight excluding hydrogens is 306 g/mol. The van der Waals surface area contributed by atoms with Crippen molar-refractivity contribution in [3.8, 4) is 5.75 Å². The van der Waals surface area contributed by atoms with Crippen LogP contribution in [0.2, 0.25) is 0 Å². The molecule has 2 heterocycles. The van der Waals surface area contributed by atoms with E-state index >= 15 is 0 Å². The number of carbonyl (C=O) groups is 2. The highest BCUT2D eigenvalue weighted by molar-refractivity contribution is 6.03. The van der Waals surface area contributed by atoms with Gasteiger partial charge in [0.05, 0.1) is 5.69 Å². The fourth-order valence-electron chi connectivity index (χ4n) is 3.26. The van der Waals surface area contributed by atoms with E-state index in [1.54, 1.807) is 13.0 Å². The van der Waals surface area contributed by atoms with Crippen LogP contribution in [-0.2, 0) is 9.59 Å². The van der Waals surface area contributed by atoms with Crippen LogP contribution in [0.15, 0.2) is 24.3 Å². The van der Waals surface area contributed by atoms with Crippen LogP contribution < -0.4 is 15.0 Å². The third-order valence-electron chi connectivity index (χ3n) is 4.57. The predicted octanol–water partition coefficient (Wildman–Crippen LogP) is 1.40. The number of fused-ring (bicyclic) bond motifs is 1. The Morgan fingerprint density at radius 3 is 2.79 bits per heavy atom. The van der Waals surface area contributed by atoms with Gasteiger partial charge in [0.15, 0.2) is 6.10 Å². The molecule has 2 aliphatic heterocycles. The second-order valence-electron chi connectivity index (χ2n) is 6.40. The minimum absolute atomic E-state index is 0.0313. The highest BCUT2D eigenvalue weighted by Crippen LogP contribution is 2.33. The van der Waals surface area contributed by atoms with Crippen LogP contribution in [0.3, 0.4) is 0 Å². The van der Waals surface area contributed by atoms with Gasteiger partial charge in [0, 0.05) is 13.1 Å². The number of anilines is 1. The van der Waals surface area contributed by atoms with Gasteiger partial charge in [-0.15, -0.1) is 0 Å². The van der Waals surface area contributed by atoms with Crippen molar-refractivity contribution in [1.29, 1.82) is 0 Å². The molecule has 3 rings (SSSR count). The number of benzene rings is 1. The summed E-state index contributed by atoms with van der Waals surface area (Å²) in [5.41, 5.74) is 0.659. The molecule has 6 heteroatoms. The van der Waals surface area contributed by atoms with Gasteiger partial charge in [-0.05, 0) is 45.0 Å². The zero-order chi connectivity index (χ0) is 16.9. The number of ether oxygens (including phenoxy) is 1. The minimum atomic E-state index is -0.568. The Morgan fingerprint density at radius 1 is 1.25 bits per heavy atom. The number of piperidine rings is 1. The number of amides is 2. The van der Waals surface area contributed by atoms with E-state index < -0.39 is 6.10 Å². The molecule has 24 heavy (non-hydrogen) atoms. The molecule has 0 radical (unpaired) electrons. The van der Waals surface area contributed by atoms with E-state index in [0.717, 1.165) is 19.6 Å². The molecule has 1 aromatic rings. The fraction of sp³-hybridized carbons (Fsp3) is 0.556. The molecule has 2 amide bonds. The quantitative estimate of drug-likeness (QED) is 0.886. The summed E-state index contributed by atoms with van der Waals surface area (Å²) in [6.45, 7) is 5.46. The number of hydrogen-bond acceptors (Lipinski definition) is 4.